The van der Waals surface area contributed by atoms with Crippen molar-refractivity contribution in [2.24, 2.45) is 10.8 Å². The summed E-state index contributed by atoms with van der Waals surface area (Å²) in [6.07, 6.45) is 11.8. The molecule has 2 unspecified atom stereocenters. The van der Waals surface area contributed by atoms with E-state index in [2.05, 4.69) is 13.8 Å². The minimum absolute atomic E-state index is 0. The van der Waals surface area contributed by atoms with Crippen molar-refractivity contribution in [3.8, 4) is 0 Å². The number of hydrogen-bond donors (Lipinski definition) is 2. The Bertz CT molecular complexity index is 1080. The van der Waals surface area contributed by atoms with Crippen molar-refractivity contribution < 1.29 is 30.0 Å². The molecular weight excluding hydrogens is 592 g/mol. The number of unbranched alkanes of at least 4 members (excludes halogenated alkanes) is 6. The summed E-state index contributed by atoms with van der Waals surface area (Å²) < 4.78 is 0. The van der Waals surface area contributed by atoms with E-state index in [0.29, 0.717) is 12.8 Å². The summed E-state index contributed by atoms with van der Waals surface area (Å²) in [6.45, 7) is 10.3. The standard InChI is InChI=1S/2C19H28O3.Ca/c2*1-4-5-6-10-13-16(14-15-11-8-7-9-12-15)17(20)19(2,3)18(21)22;/h2*7-9,11-12,14,17,20H,4-6,10,13H2,1-3H3,(H,21,22);/q;;+2/p-2. The summed E-state index contributed by atoms with van der Waals surface area (Å²) in [6, 6.07) is 19.4. The van der Waals surface area contributed by atoms with Crippen LogP contribution in [0.25, 0.3) is 12.2 Å². The van der Waals surface area contributed by atoms with Crippen LogP contribution < -0.4 is 10.2 Å². The van der Waals surface area contributed by atoms with E-state index in [0.717, 1.165) is 73.6 Å². The Morgan fingerprint density at radius 1 is 0.622 bits per heavy atom. The number of carboxylic acid groups (broad SMARTS) is 2. The molecule has 45 heavy (non-hydrogen) atoms. The second kappa shape index (κ2) is 22.5. The molecule has 2 aromatic rings. The van der Waals surface area contributed by atoms with Gasteiger partial charge in [-0.1, -0.05) is 153 Å². The largest absolute Gasteiger partial charge is 2.00 e. The first-order chi connectivity index (χ1) is 20.8. The number of aliphatic hydroxyl groups is 2. The van der Waals surface area contributed by atoms with Crippen LogP contribution >= 0.6 is 0 Å². The number of rotatable bonds is 18. The van der Waals surface area contributed by atoms with E-state index in [9.17, 15) is 30.0 Å². The van der Waals surface area contributed by atoms with Crippen LogP contribution in [0.15, 0.2) is 71.8 Å². The van der Waals surface area contributed by atoms with Crippen LogP contribution in [0, 0.1) is 10.8 Å². The molecular formula is C38H54CaO6. The van der Waals surface area contributed by atoms with Gasteiger partial charge < -0.3 is 30.0 Å². The van der Waals surface area contributed by atoms with E-state index in [4.69, 9.17) is 0 Å². The molecule has 0 aliphatic rings. The smallest absolute Gasteiger partial charge is 0.549 e. The van der Waals surface area contributed by atoms with Crippen LogP contribution in [0.2, 0.25) is 0 Å². The van der Waals surface area contributed by atoms with Crippen LogP contribution in [0.5, 0.6) is 0 Å². The van der Waals surface area contributed by atoms with Gasteiger partial charge >= 0.3 is 37.7 Å². The average Bonchev–Trinajstić information content (AvgIpc) is 3.00. The van der Waals surface area contributed by atoms with Crippen molar-refractivity contribution in [1.82, 2.24) is 0 Å². The van der Waals surface area contributed by atoms with Crippen molar-refractivity contribution in [2.75, 3.05) is 0 Å². The van der Waals surface area contributed by atoms with Gasteiger partial charge in [0.15, 0.2) is 0 Å². The van der Waals surface area contributed by atoms with E-state index in [1.165, 1.54) is 27.7 Å². The van der Waals surface area contributed by atoms with Gasteiger partial charge in [0.2, 0.25) is 0 Å². The predicted octanol–water partition coefficient (Wildman–Crippen LogP) is 5.97. The normalized spacial score (nSPS) is 13.6. The molecule has 2 atom stereocenters. The van der Waals surface area contributed by atoms with Gasteiger partial charge in [0.25, 0.3) is 0 Å². The van der Waals surface area contributed by atoms with Crippen molar-refractivity contribution in [3.05, 3.63) is 82.9 Å². The van der Waals surface area contributed by atoms with Crippen LogP contribution in [0.4, 0.5) is 0 Å². The summed E-state index contributed by atoms with van der Waals surface area (Å²) in [5, 5.41) is 43.7. The average molecular weight is 647 g/mol. The van der Waals surface area contributed by atoms with Gasteiger partial charge in [0, 0.05) is 22.8 Å². The van der Waals surface area contributed by atoms with Crippen molar-refractivity contribution in [1.29, 1.82) is 0 Å². The number of benzene rings is 2. The van der Waals surface area contributed by atoms with Gasteiger partial charge in [0.05, 0.1) is 12.2 Å². The van der Waals surface area contributed by atoms with Gasteiger partial charge in [-0.2, -0.15) is 0 Å². The zero-order valence-corrected chi connectivity index (χ0v) is 30.6. The summed E-state index contributed by atoms with van der Waals surface area (Å²) >= 11 is 0. The van der Waals surface area contributed by atoms with Gasteiger partial charge in [0.1, 0.15) is 0 Å². The number of carbonyl (C=O) groups excluding carboxylic acids is 2. The molecule has 0 amide bonds. The zero-order valence-electron chi connectivity index (χ0n) is 28.4. The molecule has 2 aromatic carbocycles. The molecule has 0 heterocycles. The second-order valence-corrected chi connectivity index (χ2v) is 12.7. The molecule has 0 bridgehead atoms. The monoisotopic (exact) mass is 646 g/mol. The van der Waals surface area contributed by atoms with Crippen LogP contribution in [0.1, 0.15) is 117 Å². The molecule has 7 heteroatoms. The first-order valence-electron chi connectivity index (χ1n) is 16.1. The Hall–Kier alpha value is -1.96. The molecule has 2 N–H and O–H groups in total. The molecule has 2 rings (SSSR count). The number of hydrogen-bond acceptors (Lipinski definition) is 6. The Labute approximate surface area is 301 Å². The molecule has 0 fully saturated rings. The van der Waals surface area contributed by atoms with Crippen molar-refractivity contribution in [2.45, 2.75) is 118 Å². The fourth-order valence-corrected chi connectivity index (χ4v) is 4.76. The second-order valence-electron chi connectivity index (χ2n) is 12.7. The van der Waals surface area contributed by atoms with Gasteiger partial charge in [-0.15, -0.1) is 0 Å². The molecule has 6 nitrogen and oxygen atoms in total. The molecule has 244 valence electrons. The summed E-state index contributed by atoms with van der Waals surface area (Å²) in [5.41, 5.74) is 0.867. The summed E-state index contributed by atoms with van der Waals surface area (Å²) in [4.78, 5) is 22.6. The first kappa shape index (κ1) is 43.0. The van der Waals surface area contributed by atoms with Crippen LogP contribution in [0.3, 0.4) is 0 Å². The molecule has 0 aliphatic carbocycles. The fraction of sp³-hybridized carbons (Fsp3) is 0.526. The first-order valence-corrected chi connectivity index (χ1v) is 16.1. The van der Waals surface area contributed by atoms with Gasteiger partial charge in [-0.05, 0) is 48.0 Å². The van der Waals surface area contributed by atoms with Crippen molar-refractivity contribution >= 4 is 61.8 Å². The van der Waals surface area contributed by atoms with E-state index >= 15 is 0 Å². The maximum Gasteiger partial charge on any atom is 2.00 e. The Kier molecular flexibility index (Phi) is 21.6. The number of carbonyl (C=O) groups is 2. The molecule has 0 aromatic heterocycles. The maximum absolute atomic E-state index is 11.3. The summed E-state index contributed by atoms with van der Waals surface area (Å²) in [5.74, 6) is -2.46. The third-order valence-corrected chi connectivity index (χ3v) is 8.06. The fourth-order valence-electron chi connectivity index (χ4n) is 4.76. The van der Waals surface area contributed by atoms with E-state index in [1.807, 2.05) is 72.8 Å². The van der Waals surface area contributed by atoms with Crippen LogP contribution in [-0.4, -0.2) is 72.1 Å². The summed E-state index contributed by atoms with van der Waals surface area (Å²) in [7, 11) is 0. The number of aliphatic carboxylic acids is 2. The maximum atomic E-state index is 11.3. The van der Waals surface area contributed by atoms with E-state index < -0.39 is 35.0 Å². The van der Waals surface area contributed by atoms with Gasteiger partial charge in [-0.3, -0.25) is 0 Å². The third-order valence-electron chi connectivity index (χ3n) is 8.06. The van der Waals surface area contributed by atoms with E-state index in [1.54, 1.807) is 0 Å². The Balaban J connectivity index is 0.000000842. The number of carboxylic acids is 2. The SMILES string of the molecule is CCCCCCC(=Cc1ccccc1)C(O)C(C)(C)C(=O)[O-].CCCCCCC(=Cc1ccccc1)C(O)C(C)(C)C(=O)[O-].[Ca+2]. The molecule has 0 radical (unpaired) electrons. The molecule has 0 saturated heterocycles. The molecule has 0 saturated carbocycles. The Morgan fingerprint density at radius 2 is 0.933 bits per heavy atom. The Morgan fingerprint density at radius 3 is 1.20 bits per heavy atom. The van der Waals surface area contributed by atoms with E-state index in [-0.39, 0.29) is 37.7 Å². The van der Waals surface area contributed by atoms with Crippen LogP contribution in [-0.2, 0) is 9.59 Å². The predicted molar refractivity (Wildman–Crippen MR) is 182 cm³/mol. The molecule has 0 aliphatic heterocycles. The molecule has 0 spiro atoms. The number of aliphatic hydroxyl groups excluding tert-OH is 2. The minimum atomic E-state index is -1.30. The van der Waals surface area contributed by atoms with Gasteiger partial charge in [-0.25, -0.2) is 0 Å². The quantitative estimate of drug-likeness (QED) is 0.152. The topological polar surface area (TPSA) is 121 Å². The minimum Gasteiger partial charge on any atom is -0.549 e. The zero-order chi connectivity index (χ0) is 33.2. The third kappa shape index (κ3) is 15.5. The van der Waals surface area contributed by atoms with Crippen molar-refractivity contribution in [3.63, 3.8) is 0 Å².